The number of nitrogens with one attached hydrogen (secondary N) is 1. The molecule has 0 aliphatic heterocycles. The highest BCUT2D eigenvalue weighted by molar-refractivity contribution is 8.14. The van der Waals surface area contributed by atoms with Crippen LogP contribution in [0.4, 0.5) is 5.82 Å². The van der Waals surface area contributed by atoms with Gasteiger partial charge in [0.1, 0.15) is 5.76 Å². The SMILES string of the molecule is Cc1cc(NC(=O)CSC(N)=NN)no1. The number of hydrogen-bond donors (Lipinski definition) is 3. The molecule has 1 heterocycles. The Morgan fingerprint density at radius 1 is 1.80 bits per heavy atom. The van der Waals surface area contributed by atoms with Crippen molar-refractivity contribution in [3.63, 3.8) is 0 Å². The maximum Gasteiger partial charge on any atom is 0.236 e. The van der Waals surface area contributed by atoms with Gasteiger partial charge < -0.3 is 21.4 Å². The average Bonchev–Trinajstić information content (AvgIpc) is 2.60. The average molecular weight is 229 g/mol. The number of amidine groups is 1. The van der Waals surface area contributed by atoms with Gasteiger partial charge in [-0.05, 0) is 6.92 Å². The van der Waals surface area contributed by atoms with Crippen LogP contribution in [0.15, 0.2) is 15.7 Å². The van der Waals surface area contributed by atoms with E-state index in [4.69, 9.17) is 16.1 Å². The molecule has 0 aromatic carbocycles. The molecule has 0 atom stereocenters. The second kappa shape index (κ2) is 5.25. The predicted molar refractivity (Wildman–Crippen MR) is 58.1 cm³/mol. The Bertz CT molecular complexity index is 375. The van der Waals surface area contributed by atoms with Crippen LogP contribution in [0.1, 0.15) is 5.76 Å². The van der Waals surface area contributed by atoms with E-state index in [1.54, 1.807) is 13.0 Å². The van der Waals surface area contributed by atoms with Gasteiger partial charge in [-0.1, -0.05) is 16.9 Å². The molecular formula is C7H11N5O2S. The summed E-state index contributed by atoms with van der Waals surface area (Å²) in [6.07, 6.45) is 0. The number of hydrogen-bond acceptors (Lipinski definition) is 6. The van der Waals surface area contributed by atoms with Gasteiger partial charge in [0.05, 0.1) is 5.75 Å². The topological polar surface area (TPSA) is 120 Å². The molecule has 1 rings (SSSR count). The number of anilines is 1. The minimum absolute atomic E-state index is 0.123. The molecular weight excluding hydrogens is 218 g/mol. The molecule has 0 aliphatic carbocycles. The number of nitrogens with zero attached hydrogens (tertiary/aromatic N) is 2. The van der Waals surface area contributed by atoms with E-state index in [1.807, 2.05) is 0 Å². The molecule has 15 heavy (non-hydrogen) atoms. The van der Waals surface area contributed by atoms with E-state index < -0.39 is 0 Å². The van der Waals surface area contributed by atoms with Crippen LogP contribution < -0.4 is 16.9 Å². The van der Waals surface area contributed by atoms with E-state index in [0.717, 1.165) is 11.8 Å². The van der Waals surface area contributed by atoms with Gasteiger partial charge in [-0.15, -0.1) is 0 Å². The number of carbonyl (C=O) groups is 1. The van der Waals surface area contributed by atoms with E-state index >= 15 is 0 Å². The minimum atomic E-state index is -0.250. The second-order valence-corrected chi connectivity index (χ2v) is 3.62. The van der Waals surface area contributed by atoms with E-state index in [9.17, 15) is 4.79 Å². The molecule has 0 radical (unpaired) electrons. The summed E-state index contributed by atoms with van der Waals surface area (Å²) in [5.74, 6) is 5.77. The molecule has 1 aromatic rings. The Morgan fingerprint density at radius 3 is 3.07 bits per heavy atom. The van der Waals surface area contributed by atoms with E-state index in [1.165, 1.54) is 0 Å². The van der Waals surface area contributed by atoms with Crippen LogP contribution in [-0.4, -0.2) is 22.0 Å². The van der Waals surface area contributed by atoms with Crippen molar-refractivity contribution in [2.75, 3.05) is 11.1 Å². The number of aryl methyl sites for hydroxylation is 1. The summed E-state index contributed by atoms with van der Waals surface area (Å²) in [5.41, 5.74) is 5.29. The van der Waals surface area contributed by atoms with Gasteiger partial charge in [0.15, 0.2) is 11.0 Å². The molecule has 1 aromatic heterocycles. The van der Waals surface area contributed by atoms with E-state index in [0.29, 0.717) is 11.6 Å². The van der Waals surface area contributed by atoms with Gasteiger partial charge in [0.2, 0.25) is 5.91 Å². The van der Waals surface area contributed by atoms with Crippen molar-refractivity contribution < 1.29 is 9.32 Å². The number of thioether (sulfide) groups is 1. The molecule has 0 saturated heterocycles. The monoisotopic (exact) mass is 229 g/mol. The smallest absolute Gasteiger partial charge is 0.236 e. The van der Waals surface area contributed by atoms with Gasteiger partial charge in [0, 0.05) is 6.07 Å². The molecule has 0 bridgehead atoms. The zero-order valence-electron chi connectivity index (χ0n) is 8.06. The molecule has 0 saturated carbocycles. The van der Waals surface area contributed by atoms with Crippen LogP contribution in [0, 0.1) is 6.92 Å². The first-order valence-electron chi connectivity index (χ1n) is 4.01. The summed E-state index contributed by atoms with van der Waals surface area (Å²) in [6.45, 7) is 1.73. The zero-order valence-corrected chi connectivity index (χ0v) is 8.87. The van der Waals surface area contributed by atoms with E-state index in [2.05, 4.69) is 15.6 Å². The number of hydrazone groups is 1. The summed E-state index contributed by atoms with van der Waals surface area (Å²) < 4.78 is 4.77. The highest BCUT2D eigenvalue weighted by atomic mass is 32.2. The van der Waals surface area contributed by atoms with Crippen LogP contribution >= 0.6 is 11.8 Å². The Labute approximate surface area is 90.2 Å². The molecule has 5 N–H and O–H groups in total. The Kier molecular flexibility index (Phi) is 3.98. The third-order valence-corrected chi connectivity index (χ3v) is 2.18. The normalized spacial score (nSPS) is 11.4. The third kappa shape index (κ3) is 3.90. The maximum absolute atomic E-state index is 11.3. The van der Waals surface area contributed by atoms with Crippen LogP contribution in [0.3, 0.4) is 0 Å². The lowest BCUT2D eigenvalue weighted by molar-refractivity contribution is -0.113. The van der Waals surface area contributed by atoms with Crippen LogP contribution in [0.25, 0.3) is 0 Å². The predicted octanol–water partition coefficient (Wildman–Crippen LogP) is -0.157. The van der Waals surface area contributed by atoms with Gasteiger partial charge >= 0.3 is 0 Å². The van der Waals surface area contributed by atoms with Gasteiger partial charge in [0.25, 0.3) is 0 Å². The largest absolute Gasteiger partial charge is 0.377 e. The van der Waals surface area contributed by atoms with E-state index in [-0.39, 0.29) is 16.8 Å². The minimum Gasteiger partial charge on any atom is -0.377 e. The second-order valence-electron chi connectivity index (χ2n) is 2.63. The Balaban J connectivity index is 2.37. The number of aromatic nitrogens is 1. The molecule has 7 nitrogen and oxygen atoms in total. The molecule has 0 fully saturated rings. The molecule has 0 aliphatic rings. The number of nitrogens with two attached hydrogens (primary N) is 2. The fourth-order valence-corrected chi connectivity index (χ4v) is 1.21. The van der Waals surface area contributed by atoms with Crippen LogP contribution in [-0.2, 0) is 4.79 Å². The fraction of sp³-hybridized carbons (Fsp3) is 0.286. The van der Waals surface area contributed by atoms with Crippen LogP contribution in [0.2, 0.25) is 0 Å². The third-order valence-electron chi connectivity index (χ3n) is 1.37. The maximum atomic E-state index is 11.3. The van der Waals surface area contributed by atoms with Crippen molar-refractivity contribution in [1.29, 1.82) is 0 Å². The zero-order chi connectivity index (χ0) is 11.3. The quantitative estimate of drug-likeness (QED) is 0.287. The van der Waals surface area contributed by atoms with Crippen molar-refractivity contribution in [2.45, 2.75) is 6.92 Å². The van der Waals surface area contributed by atoms with Crippen molar-refractivity contribution in [2.24, 2.45) is 16.7 Å². The van der Waals surface area contributed by atoms with Crippen molar-refractivity contribution in [3.8, 4) is 0 Å². The first kappa shape index (κ1) is 11.4. The summed E-state index contributed by atoms with van der Waals surface area (Å²) in [4.78, 5) is 11.3. The standard InChI is InChI=1S/C7H11N5O2S/c1-4-2-5(12-14-4)10-6(13)3-15-7(8)11-9/h2H,3,9H2,1H3,(H2,8,11)(H,10,12,13). The lowest BCUT2D eigenvalue weighted by atomic mass is 10.5. The van der Waals surface area contributed by atoms with Crippen LogP contribution in [0.5, 0.6) is 0 Å². The first-order valence-corrected chi connectivity index (χ1v) is 4.99. The molecule has 1 amide bonds. The van der Waals surface area contributed by atoms with Crippen molar-refractivity contribution in [1.82, 2.24) is 5.16 Å². The number of carbonyl (C=O) groups excluding carboxylic acids is 1. The van der Waals surface area contributed by atoms with Gasteiger partial charge in [-0.25, -0.2) is 0 Å². The lowest BCUT2D eigenvalue weighted by Gasteiger charge is -1.99. The van der Waals surface area contributed by atoms with Gasteiger partial charge in [-0.3, -0.25) is 4.79 Å². The highest BCUT2D eigenvalue weighted by Gasteiger charge is 2.06. The van der Waals surface area contributed by atoms with Crippen molar-refractivity contribution in [3.05, 3.63) is 11.8 Å². The van der Waals surface area contributed by atoms with Gasteiger partial charge in [-0.2, -0.15) is 5.10 Å². The summed E-state index contributed by atoms with van der Waals surface area (Å²) in [5, 5.41) is 9.50. The fourth-order valence-electron chi connectivity index (χ4n) is 0.781. The molecule has 0 unspecified atom stereocenters. The number of rotatable bonds is 3. The lowest BCUT2D eigenvalue weighted by Crippen LogP contribution is -2.18. The summed E-state index contributed by atoms with van der Waals surface area (Å²) in [6, 6.07) is 1.61. The number of amides is 1. The molecule has 8 heteroatoms. The Morgan fingerprint density at radius 2 is 2.53 bits per heavy atom. The molecule has 82 valence electrons. The summed E-state index contributed by atoms with van der Waals surface area (Å²) in [7, 11) is 0. The van der Waals surface area contributed by atoms with Crippen molar-refractivity contribution >= 4 is 28.7 Å². The highest BCUT2D eigenvalue weighted by Crippen LogP contribution is 2.08. The Hall–Kier alpha value is -1.70. The first-order chi connectivity index (χ1) is 7.11. The summed E-state index contributed by atoms with van der Waals surface area (Å²) >= 11 is 1.04. The molecule has 0 spiro atoms.